The predicted octanol–water partition coefficient (Wildman–Crippen LogP) is 4.03. The van der Waals surface area contributed by atoms with Gasteiger partial charge in [0.1, 0.15) is 0 Å². The summed E-state index contributed by atoms with van der Waals surface area (Å²) in [4.78, 5) is 14.5. The maximum absolute atomic E-state index is 12.8. The number of aromatic nitrogens is 2. The minimum absolute atomic E-state index is 0.0453. The van der Waals surface area contributed by atoms with Crippen LogP contribution in [0.1, 0.15) is 45.2 Å². The molecule has 1 aliphatic heterocycles. The van der Waals surface area contributed by atoms with Gasteiger partial charge >= 0.3 is 6.03 Å². The maximum atomic E-state index is 12.8. The predicted molar refractivity (Wildman–Crippen MR) is 103 cm³/mol. The van der Waals surface area contributed by atoms with Gasteiger partial charge in [0.15, 0.2) is 0 Å². The molecule has 140 valence electrons. The number of likely N-dealkylation sites (tertiary alicyclic amines) is 1. The molecule has 1 saturated heterocycles. The molecule has 7 heteroatoms. The van der Waals surface area contributed by atoms with Crippen LogP contribution in [0.2, 0.25) is 5.02 Å². The zero-order chi connectivity index (χ0) is 18.9. The third-order valence-corrected chi connectivity index (χ3v) is 5.33. The van der Waals surface area contributed by atoms with Crippen molar-refractivity contribution in [2.75, 3.05) is 18.5 Å². The summed E-state index contributed by atoms with van der Waals surface area (Å²) >= 11 is 6.33. The number of urea groups is 1. The standard InChI is InChI=1S/C19H25ClN4O2/c1-13(2)17-15(11-21-24(17)16-8-5-4-7-14(16)20)22-18(26)23-10-6-9-19(23,3)12-25/h4-5,7-8,11,13,25H,6,9-10,12H2,1-3H3,(H,22,26). The van der Waals surface area contributed by atoms with Crippen LogP contribution in [0.5, 0.6) is 0 Å². The van der Waals surface area contributed by atoms with Gasteiger partial charge in [-0.15, -0.1) is 0 Å². The van der Waals surface area contributed by atoms with Crippen LogP contribution >= 0.6 is 11.6 Å². The summed E-state index contributed by atoms with van der Waals surface area (Å²) in [5.74, 6) is 0.131. The fraction of sp³-hybridized carbons (Fsp3) is 0.474. The largest absolute Gasteiger partial charge is 0.394 e. The van der Waals surface area contributed by atoms with Gasteiger partial charge in [0, 0.05) is 6.54 Å². The first kappa shape index (κ1) is 18.7. The highest BCUT2D eigenvalue weighted by molar-refractivity contribution is 6.32. The smallest absolute Gasteiger partial charge is 0.322 e. The number of carbonyl (C=O) groups excluding carboxylic acids is 1. The van der Waals surface area contributed by atoms with E-state index in [9.17, 15) is 9.90 Å². The molecule has 26 heavy (non-hydrogen) atoms. The van der Waals surface area contributed by atoms with Gasteiger partial charge in [-0.25, -0.2) is 9.48 Å². The zero-order valence-corrected chi connectivity index (χ0v) is 16.1. The van der Waals surface area contributed by atoms with Crippen LogP contribution in [-0.4, -0.2) is 44.5 Å². The molecule has 1 atom stereocenters. The number of para-hydroxylation sites is 1. The lowest BCUT2D eigenvalue weighted by Gasteiger charge is -2.33. The second-order valence-electron chi connectivity index (χ2n) is 7.30. The average Bonchev–Trinajstić information content (AvgIpc) is 3.19. The van der Waals surface area contributed by atoms with Crippen LogP contribution in [0.25, 0.3) is 5.69 Å². The van der Waals surface area contributed by atoms with Crippen molar-refractivity contribution in [3.05, 3.63) is 41.2 Å². The van der Waals surface area contributed by atoms with Gasteiger partial charge in [-0.1, -0.05) is 37.6 Å². The third-order valence-electron chi connectivity index (χ3n) is 5.01. The summed E-state index contributed by atoms with van der Waals surface area (Å²) in [5, 5.41) is 17.7. The van der Waals surface area contributed by atoms with Crippen LogP contribution in [0.4, 0.5) is 10.5 Å². The molecule has 2 amide bonds. The monoisotopic (exact) mass is 376 g/mol. The highest BCUT2D eigenvalue weighted by Crippen LogP contribution is 2.32. The van der Waals surface area contributed by atoms with Crippen LogP contribution < -0.4 is 5.32 Å². The number of hydrogen-bond acceptors (Lipinski definition) is 3. The second-order valence-corrected chi connectivity index (χ2v) is 7.71. The van der Waals surface area contributed by atoms with Gasteiger partial charge in [0.2, 0.25) is 0 Å². The van der Waals surface area contributed by atoms with Crippen molar-refractivity contribution in [2.24, 2.45) is 0 Å². The summed E-state index contributed by atoms with van der Waals surface area (Å²) in [5.41, 5.74) is 1.81. The molecule has 1 unspecified atom stereocenters. The minimum atomic E-state index is -0.513. The number of amides is 2. The van der Waals surface area contributed by atoms with E-state index in [2.05, 4.69) is 10.4 Å². The molecule has 0 spiro atoms. The number of hydrogen-bond donors (Lipinski definition) is 2. The Balaban J connectivity index is 1.92. The van der Waals surface area contributed by atoms with E-state index >= 15 is 0 Å². The molecule has 3 rings (SSSR count). The second kappa shape index (κ2) is 7.29. The molecule has 2 N–H and O–H groups in total. The summed E-state index contributed by atoms with van der Waals surface area (Å²) in [6.45, 7) is 6.60. The zero-order valence-electron chi connectivity index (χ0n) is 15.4. The maximum Gasteiger partial charge on any atom is 0.322 e. The molecule has 0 saturated carbocycles. The quantitative estimate of drug-likeness (QED) is 0.846. The van der Waals surface area contributed by atoms with Crippen LogP contribution in [-0.2, 0) is 0 Å². The number of carbonyl (C=O) groups is 1. The number of nitrogens with zero attached hydrogens (tertiary/aromatic N) is 3. The molecule has 0 aliphatic carbocycles. The van der Waals surface area contributed by atoms with E-state index in [0.29, 0.717) is 17.3 Å². The average molecular weight is 377 g/mol. The van der Waals surface area contributed by atoms with Gasteiger partial charge in [-0.3, -0.25) is 0 Å². The van der Waals surface area contributed by atoms with Gasteiger partial charge in [0.25, 0.3) is 0 Å². The number of aliphatic hydroxyl groups excluding tert-OH is 1. The molecule has 0 radical (unpaired) electrons. The van der Waals surface area contributed by atoms with Crippen molar-refractivity contribution in [3.63, 3.8) is 0 Å². The first-order valence-electron chi connectivity index (χ1n) is 8.89. The molecule has 1 aromatic heterocycles. The third kappa shape index (κ3) is 3.31. The molecule has 1 fully saturated rings. The Hall–Kier alpha value is -2.05. The summed E-state index contributed by atoms with van der Waals surface area (Å²) in [6.07, 6.45) is 3.34. The van der Waals surface area contributed by atoms with Gasteiger partial charge in [0.05, 0.1) is 40.4 Å². The SMILES string of the molecule is CC(C)c1c(NC(=O)N2CCCC2(C)CO)cnn1-c1ccccc1Cl. The van der Waals surface area contributed by atoms with Crippen molar-refractivity contribution in [2.45, 2.75) is 45.1 Å². The van der Waals surface area contributed by atoms with E-state index in [0.717, 1.165) is 24.2 Å². The molecule has 2 aromatic rings. The Kier molecular flexibility index (Phi) is 5.25. The first-order chi connectivity index (χ1) is 12.4. The van der Waals surface area contributed by atoms with Crippen LogP contribution in [0.3, 0.4) is 0 Å². The Morgan fingerprint density at radius 1 is 1.42 bits per heavy atom. The van der Waals surface area contributed by atoms with Crippen molar-refractivity contribution in [1.82, 2.24) is 14.7 Å². The Labute approximate surface area is 158 Å². The number of anilines is 1. The lowest BCUT2D eigenvalue weighted by Crippen LogP contribution is -2.49. The number of rotatable bonds is 4. The van der Waals surface area contributed by atoms with Crippen molar-refractivity contribution in [1.29, 1.82) is 0 Å². The molecular formula is C19H25ClN4O2. The minimum Gasteiger partial charge on any atom is -0.394 e. The normalized spacial score (nSPS) is 20.0. The summed E-state index contributed by atoms with van der Waals surface area (Å²) in [7, 11) is 0. The topological polar surface area (TPSA) is 70.4 Å². The van der Waals surface area contributed by atoms with Gasteiger partial charge < -0.3 is 15.3 Å². The molecule has 0 bridgehead atoms. The van der Waals surface area contributed by atoms with E-state index in [1.807, 2.05) is 45.0 Å². The van der Waals surface area contributed by atoms with Gasteiger partial charge in [-0.2, -0.15) is 5.10 Å². The number of nitrogens with one attached hydrogen (secondary N) is 1. The lowest BCUT2D eigenvalue weighted by molar-refractivity contribution is 0.104. The van der Waals surface area contributed by atoms with E-state index in [-0.39, 0.29) is 18.6 Å². The van der Waals surface area contributed by atoms with Crippen molar-refractivity contribution in [3.8, 4) is 5.69 Å². The molecule has 1 aromatic carbocycles. The van der Waals surface area contributed by atoms with Crippen LogP contribution in [0.15, 0.2) is 30.5 Å². The van der Waals surface area contributed by atoms with E-state index in [1.54, 1.807) is 15.8 Å². The summed E-state index contributed by atoms with van der Waals surface area (Å²) < 4.78 is 1.78. The fourth-order valence-corrected chi connectivity index (χ4v) is 3.76. The first-order valence-corrected chi connectivity index (χ1v) is 9.27. The Morgan fingerprint density at radius 2 is 2.15 bits per heavy atom. The number of benzene rings is 1. The highest BCUT2D eigenvalue weighted by Gasteiger charge is 2.39. The van der Waals surface area contributed by atoms with Gasteiger partial charge in [-0.05, 0) is 37.8 Å². The van der Waals surface area contributed by atoms with Crippen molar-refractivity contribution < 1.29 is 9.90 Å². The molecule has 2 heterocycles. The van der Waals surface area contributed by atoms with Crippen LogP contribution in [0, 0.1) is 0 Å². The highest BCUT2D eigenvalue weighted by atomic mass is 35.5. The lowest BCUT2D eigenvalue weighted by atomic mass is 10.0. The number of aliphatic hydroxyl groups is 1. The fourth-order valence-electron chi connectivity index (χ4n) is 3.54. The van der Waals surface area contributed by atoms with E-state index in [4.69, 9.17) is 11.6 Å². The summed E-state index contributed by atoms with van der Waals surface area (Å²) in [6, 6.07) is 7.28. The molecule has 6 nitrogen and oxygen atoms in total. The van der Waals surface area contributed by atoms with E-state index in [1.165, 1.54) is 0 Å². The van der Waals surface area contributed by atoms with Crippen molar-refractivity contribution >= 4 is 23.3 Å². The molecular weight excluding hydrogens is 352 g/mol. The molecule has 1 aliphatic rings. The number of halogens is 1. The van der Waals surface area contributed by atoms with E-state index < -0.39 is 5.54 Å². The Morgan fingerprint density at radius 3 is 2.81 bits per heavy atom. The Bertz CT molecular complexity index is 805.